The lowest BCUT2D eigenvalue weighted by Gasteiger charge is -2.06. The lowest BCUT2D eigenvalue weighted by atomic mass is 10.2. The van der Waals surface area contributed by atoms with E-state index in [0.29, 0.717) is 23.8 Å². The van der Waals surface area contributed by atoms with E-state index in [1.165, 1.54) is 0 Å². The number of aryl methyl sites for hydroxylation is 1. The van der Waals surface area contributed by atoms with Crippen molar-refractivity contribution < 1.29 is 4.74 Å². The molecule has 6 nitrogen and oxygen atoms in total. The Morgan fingerprint density at radius 3 is 2.54 bits per heavy atom. The first-order valence-electron chi connectivity index (χ1n) is 8.25. The Morgan fingerprint density at radius 2 is 1.85 bits per heavy atom. The number of anilines is 1. The molecule has 1 heterocycles. The summed E-state index contributed by atoms with van der Waals surface area (Å²) >= 11 is 0. The van der Waals surface area contributed by atoms with E-state index in [1.54, 1.807) is 20.1 Å². The molecule has 0 saturated heterocycles. The van der Waals surface area contributed by atoms with Crippen LogP contribution in [0, 0.1) is 13.8 Å². The van der Waals surface area contributed by atoms with E-state index in [9.17, 15) is 4.79 Å². The summed E-state index contributed by atoms with van der Waals surface area (Å²) in [5, 5.41) is 4.10. The lowest BCUT2D eigenvalue weighted by molar-refractivity contribution is 0.306. The van der Waals surface area contributed by atoms with Crippen LogP contribution >= 0.6 is 0 Å². The summed E-state index contributed by atoms with van der Waals surface area (Å²) in [6.07, 6.45) is 1.65. The summed E-state index contributed by atoms with van der Waals surface area (Å²) in [6.45, 7) is 4.05. The van der Waals surface area contributed by atoms with Crippen LogP contribution in [-0.2, 0) is 6.61 Å². The molecule has 0 bridgehead atoms. The summed E-state index contributed by atoms with van der Waals surface area (Å²) in [7, 11) is 0. The molecule has 6 heteroatoms. The Balaban J connectivity index is 1.57. The fraction of sp³-hybridized carbons (Fsp3) is 0.150. The largest absolute Gasteiger partial charge is 0.489 e. The molecule has 0 spiro atoms. The average Bonchev–Trinajstić information content (AvgIpc) is 2.66. The molecule has 26 heavy (non-hydrogen) atoms. The van der Waals surface area contributed by atoms with Gasteiger partial charge in [0.1, 0.15) is 12.4 Å². The zero-order chi connectivity index (χ0) is 18.4. The zero-order valence-electron chi connectivity index (χ0n) is 14.7. The van der Waals surface area contributed by atoms with Crippen molar-refractivity contribution in [3.63, 3.8) is 0 Å². The second-order valence-corrected chi connectivity index (χ2v) is 5.84. The van der Waals surface area contributed by atoms with Gasteiger partial charge in [-0.05, 0) is 49.2 Å². The van der Waals surface area contributed by atoms with E-state index >= 15 is 0 Å². The first kappa shape index (κ1) is 17.4. The molecule has 0 atom stereocenters. The minimum atomic E-state index is -0.171. The van der Waals surface area contributed by atoms with Gasteiger partial charge in [-0.2, -0.15) is 5.10 Å². The third kappa shape index (κ3) is 4.57. The normalized spacial score (nSPS) is 10.8. The molecule has 0 saturated carbocycles. The lowest BCUT2D eigenvalue weighted by Crippen LogP contribution is -2.15. The SMILES string of the molecule is Cc1nc(N/N=C\c2ccc(OCc3ccccc3)cc2)[nH]c(=O)c1C. The van der Waals surface area contributed by atoms with Crippen molar-refractivity contribution in [2.24, 2.45) is 5.10 Å². The van der Waals surface area contributed by atoms with Gasteiger partial charge in [-0.15, -0.1) is 0 Å². The molecule has 0 radical (unpaired) electrons. The van der Waals surface area contributed by atoms with E-state index in [1.807, 2.05) is 54.6 Å². The predicted molar refractivity (Wildman–Crippen MR) is 103 cm³/mol. The number of aromatic nitrogens is 2. The van der Waals surface area contributed by atoms with Gasteiger partial charge in [-0.3, -0.25) is 9.78 Å². The number of H-pyrrole nitrogens is 1. The maximum Gasteiger partial charge on any atom is 0.255 e. The van der Waals surface area contributed by atoms with Crippen molar-refractivity contribution in [1.29, 1.82) is 0 Å². The minimum absolute atomic E-state index is 0.171. The van der Waals surface area contributed by atoms with Crippen LogP contribution in [0.15, 0.2) is 64.5 Å². The quantitative estimate of drug-likeness (QED) is 0.528. The monoisotopic (exact) mass is 348 g/mol. The van der Waals surface area contributed by atoms with Gasteiger partial charge in [0.05, 0.1) is 6.21 Å². The van der Waals surface area contributed by atoms with E-state index in [-0.39, 0.29) is 5.56 Å². The average molecular weight is 348 g/mol. The zero-order valence-corrected chi connectivity index (χ0v) is 14.7. The number of nitrogens with one attached hydrogen (secondary N) is 2. The number of hydrazone groups is 1. The molecule has 0 unspecified atom stereocenters. The molecule has 0 fully saturated rings. The van der Waals surface area contributed by atoms with Crippen LogP contribution in [0.5, 0.6) is 5.75 Å². The van der Waals surface area contributed by atoms with Gasteiger partial charge in [0, 0.05) is 11.3 Å². The van der Waals surface area contributed by atoms with E-state index in [4.69, 9.17) is 4.74 Å². The predicted octanol–water partition coefficient (Wildman–Crippen LogP) is 3.41. The molecule has 0 amide bonds. The smallest absolute Gasteiger partial charge is 0.255 e. The van der Waals surface area contributed by atoms with Gasteiger partial charge in [0.25, 0.3) is 5.56 Å². The van der Waals surface area contributed by atoms with Crippen LogP contribution in [0.25, 0.3) is 0 Å². The number of benzene rings is 2. The number of nitrogens with zero attached hydrogens (tertiary/aromatic N) is 2. The second kappa shape index (κ2) is 8.11. The molecule has 3 rings (SSSR count). The first-order chi connectivity index (χ1) is 12.6. The summed E-state index contributed by atoms with van der Waals surface area (Å²) in [5.41, 5.74) is 5.86. The number of hydrogen-bond donors (Lipinski definition) is 2. The standard InChI is InChI=1S/C20H20N4O2/c1-14-15(2)22-20(23-19(14)25)24-21-12-16-8-10-18(11-9-16)26-13-17-6-4-3-5-7-17/h3-12H,13H2,1-2H3,(H2,22,23,24,25)/b21-12-. The minimum Gasteiger partial charge on any atom is -0.489 e. The number of aromatic amines is 1. The molecule has 0 aliphatic rings. The van der Waals surface area contributed by atoms with Crippen molar-refractivity contribution in [3.8, 4) is 5.75 Å². The van der Waals surface area contributed by atoms with Crippen molar-refractivity contribution >= 4 is 12.2 Å². The summed E-state index contributed by atoms with van der Waals surface area (Å²) in [6, 6.07) is 17.6. The van der Waals surface area contributed by atoms with Crippen LogP contribution in [0.1, 0.15) is 22.4 Å². The molecule has 3 aromatic rings. The van der Waals surface area contributed by atoms with Crippen LogP contribution < -0.4 is 15.7 Å². The maximum atomic E-state index is 11.7. The molecule has 1 aromatic heterocycles. The number of ether oxygens (including phenoxy) is 1. The third-order valence-corrected chi connectivity index (χ3v) is 3.91. The molecule has 2 aromatic carbocycles. The van der Waals surface area contributed by atoms with Crippen molar-refractivity contribution in [2.75, 3.05) is 5.43 Å². The Hall–Kier alpha value is -3.41. The van der Waals surface area contributed by atoms with Gasteiger partial charge in [0.2, 0.25) is 5.95 Å². The summed E-state index contributed by atoms with van der Waals surface area (Å²) < 4.78 is 5.75. The highest BCUT2D eigenvalue weighted by Crippen LogP contribution is 2.13. The molecule has 2 N–H and O–H groups in total. The highest BCUT2D eigenvalue weighted by Gasteiger charge is 2.02. The van der Waals surface area contributed by atoms with Crippen molar-refractivity contribution in [2.45, 2.75) is 20.5 Å². The topological polar surface area (TPSA) is 79.4 Å². The van der Waals surface area contributed by atoms with Gasteiger partial charge in [-0.25, -0.2) is 10.4 Å². The van der Waals surface area contributed by atoms with Gasteiger partial charge >= 0.3 is 0 Å². The Morgan fingerprint density at radius 1 is 1.12 bits per heavy atom. The highest BCUT2D eigenvalue weighted by molar-refractivity contribution is 5.80. The molecule has 0 aliphatic heterocycles. The van der Waals surface area contributed by atoms with Gasteiger partial charge in [-0.1, -0.05) is 30.3 Å². The van der Waals surface area contributed by atoms with E-state index in [2.05, 4.69) is 20.5 Å². The van der Waals surface area contributed by atoms with E-state index in [0.717, 1.165) is 16.9 Å². The summed E-state index contributed by atoms with van der Waals surface area (Å²) in [4.78, 5) is 18.6. The van der Waals surface area contributed by atoms with Crippen molar-refractivity contribution in [3.05, 3.63) is 87.3 Å². The fourth-order valence-electron chi connectivity index (χ4n) is 2.26. The molecular formula is C20H20N4O2. The second-order valence-electron chi connectivity index (χ2n) is 5.84. The number of hydrogen-bond acceptors (Lipinski definition) is 5. The first-order valence-corrected chi connectivity index (χ1v) is 8.25. The highest BCUT2D eigenvalue weighted by atomic mass is 16.5. The third-order valence-electron chi connectivity index (χ3n) is 3.91. The Kier molecular flexibility index (Phi) is 5.43. The summed E-state index contributed by atoms with van der Waals surface area (Å²) in [5.74, 6) is 1.11. The van der Waals surface area contributed by atoms with Crippen LogP contribution in [-0.4, -0.2) is 16.2 Å². The Bertz CT molecular complexity index is 948. The van der Waals surface area contributed by atoms with Crippen molar-refractivity contribution in [1.82, 2.24) is 9.97 Å². The maximum absolute atomic E-state index is 11.7. The Labute approximate surface area is 151 Å². The van der Waals surface area contributed by atoms with E-state index < -0.39 is 0 Å². The number of rotatable bonds is 6. The fourth-order valence-corrected chi connectivity index (χ4v) is 2.26. The molecular weight excluding hydrogens is 328 g/mol. The van der Waals surface area contributed by atoms with Crippen LogP contribution in [0.2, 0.25) is 0 Å². The molecule has 0 aliphatic carbocycles. The molecule has 132 valence electrons. The van der Waals surface area contributed by atoms with Crippen LogP contribution in [0.4, 0.5) is 5.95 Å². The van der Waals surface area contributed by atoms with Gasteiger partial charge in [0.15, 0.2) is 0 Å². The van der Waals surface area contributed by atoms with Gasteiger partial charge < -0.3 is 4.74 Å². The van der Waals surface area contributed by atoms with Crippen LogP contribution in [0.3, 0.4) is 0 Å².